The minimum Gasteiger partial charge on any atom is -0.390 e. The number of hydrogen-bond acceptors (Lipinski definition) is 4. The molecule has 0 bridgehead atoms. The Morgan fingerprint density at radius 2 is 1.59 bits per heavy atom. The number of nitrogens with zero attached hydrogens (tertiary/aromatic N) is 2. The number of carbonyl (C=O) groups is 1. The highest BCUT2D eigenvalue weighted by Crippen LogP contribution is 2.19. The third-order valence-corrected chi connectivity index (χ3v) is 5.12. The summed E-state index contributed by atoms with van der Waals surface area (Å²) in [6.07, 6.45) is 4.07. The first-order chi connectivity index (χ1) is 10.6. The maximum Gasteiger partial charge on any atom is 0.223 e. The minimum absolute atomic E-state index is 0.164. The van der Waals surface area contributed by atoms with Crippen LogP contribution in [-0.4, -0.2) is 72.7 Å². The second kappa shape index (κ2) is 8.85. The van der Waals surface area contributed by atoms with Crippen molar-refractivity contribution in [3.63, 3.8) is 0 Å². The molecule has 2 N–H and O–H groups in total. The van der Waals surface area contributed by atoms with E-state index in [1.54, 1.807) is 0 Å². The van der Waals surface area contributed by atoms with Crippen LogP contribution in [0.1, 0.15) is 39.5 Å². The van der Waals surface area contributed by atoms with E-state index in [2.05, 4.69) is 22.0 Å². The third-order valence-electron chi connectivity index (χ3n) is 5.12. The summed E-state index contributed by atoms with van der Waals surface area (Å²) in [7, 11) is 0. The van der Waals surface area contributed by atoms with E-state index < -0.39 is 0 Å². The van der Waals surface area contributed by atoms with Crippen molar-refractivity contribution in [1.29, 1.82) is 0 Å². The fraction of sp³-hybridized carbons (Fsp3) is 0.941. The van der Waals surface area contributed by atoms with Crippen LogP contribution in [0.15, 0.2) is 0 Å². The Labute approximate surface area is 135 Å². The summed E-state index contributed by atoms with van der Waals surface area (Å²) in [6, 6.07) is 0. The lowest BCUT2D eigenvalue weighted by Gasteiger charge is -2.35. The van der Waals surface area contributed by atoms with Crippen molar-refractivity contribution < 1.29 is 9.90 Å². The zero-order valence-electron chi connectivity index (χ0n) is 14.3. The van der Waals surface area contributed by atoms with E-state index in [1.165, 1.54) is 12.8 Å². The van der Waals surface area contributed by atoms with Gasteiger partial charge in [0.2, 0.25) is 5.91 Å². The first kappa shape index (κ1) is 17.7. The number of amides is 1. The third kappa shape index (κ3) is 5.52. The number of aliphatic hydroxyl groups is 1. The largest absolute Gasteiger partial charge is 0.390 e. The zero-order valence-corrected chi connectivity index (χ0v) is 14.3. The lowest BCUT2D eigenvalue weighted by molar-refractivity contribution is -0.126. The highest BCUT2D eigenvalue weighted by Gasteiger charge is 2.26. The molecule has 0 aromatic carbocycles. The van der Waals surface area contributed by atoms with E-state index in [0.29, 0.717) is 6.54 Å². The van der Waals surface area contributed by atoms with Crippen LogP contribution in [0.4, 0.5) is 0 Å². The summed E-state index contributed by atoms with van der Waals surface area (Å²) in [5.74, 6) is 1.20. The monoisotopic (exact) mass is 311 g/mol. The highest BCUT2D eigenvalue weighted by molar-refractivity contribution is 5.78. The van der Waals surface area contributed by atoms with Gasteiger partial charge in [-0.05, 0) is 64.7 Å². The van der Waals surface area contributed by atoms with Crippen molar-refractivity contribution >= 4 is 5.91 Å². The number of hydrogen-bond donors (Lipinski definition) is 2. The molecule has 2 saturated heterocycles. The predicted molar refractivity (Wildman–Crippen MR) is 88.7 cm³/mol. The van der Waals surface area contributed by atoms with Crippen molar-refractivity contribution in [2.45, 2.75) is 45.6 Å². The topological polar surface area (TPSA) is 55.8 Å². The Balaban J connectivity index is 1.64. The summed E-state index contributed by atoms with van der Waals surface area (Å²) in [6.45, 7) is 10.6. The lowest BCUT2D eigenvalue weighted by Crippen LogP contribution is -2.46. The fourth-order valence-corrected chi connectivity index (χ4v) is 3.59. The smallest absolute Gasteiger partial charge is 0.223 e. The van der Waals surface area contributed by atoms with E-state index in [0.717, 1.165) is 58.0 Å². The molecule has 0 saturated carbocycles. The second-order valence-corrected chi connectivity index (χ2v) is 7.11. The average molecular weight is 311 g/mol. The quantitative estimate of drug-likeness (QED) is 0.766. The van der Waals surface area contributed by atoms with Crippen LogP contribution in [0.5, 0.6) is 0 Å². The summed E-state index contributed by atoms with van der Waals surface area (Å²) in [5.41, 5.74) is 0. The fourth-order valence-electron chi connectivity index (χ4n) is 3.59. The summed E-state index contributed by atoms with van der Waals surface area (Å²) in [5, 5.41) is 13.2. The number of carbonyl (C=O) groups excluding carboxylic acids is 1. The molecule has 1 unspecified atom stereocenters. The molecular weight excluding hydrogens is 278 g/mol. The van der Waals surface area contributed by atoms with E-state index in [1.807, 2.05) is 6.92 Å². The molecule has 1 atom stereocenters. The molecule has 0 spiro atoms. The summed E-state index contributed by atoms with van der Waals surface area (Å²) in [4.78, 5) is 16.5. The normalized spacial score (nSPS) is 24.3. The Morgan fingerprint density at radius 3 is 2.09 bits per heavy atom. The molecule has 5 heteroatoms. The van der Waals surface area contributed by atoms with E-state index in [9.17, 15) is 9.90 Å². The molecule has 0 aromatic rings. The van der Waals surface area contributed by atoms with Gasteiger partial charge in [0.25, 0.3) is 0 Å². The van der Waals surface area contributed by atoms with Gasteiger partial charge in [-0.15, -0.1) is 0 Å². The molecule has 2 rings (SSSR count). The van der Waals surface area contributed by atoms with E-state index in [4.69, 9.17) is 0 Å². The standard InChI is InChI=1S/C17H33N3O2/c1-3-18-17(22)15-6-10-20(11-7-15)13-16(21)12-19-8-4-14(2)5-9-19/h14-16,21H,3-13H2,1-2H3,(H,18,22). The molecule has 2 aliphatic rings. The summed E-state index contributed by atoms with van der Waals surface area (Å²) >= 11 is 0. The number of nitrogens with one attached hydrogen (secondary N) is 1. The molecule has 0 aliphatic carbocycles. The molecule has 2 fully saturated rings. The first-order valence-corrected chi connectivity index (χ1v) is 8.99. The lowest BCUT2D eigenvalue weighted by atomic mass is 9.95. The average Bonchev–Trinajstić information content (AvgIpc) is 2.50. The number of aliphatic hydroxyl groups excluding tert-OH is 1. The molecular formula is C17H33N3O2. The van der Waals surface area contributed by atoms with Crippen molar-refractivity contribution in [2.24, 2.45) is 11.8 Å². The van der Waals surface area contributed by atoms with Crippen molar-refractivity contribution in [3.05, 3.63) is 0 Å². The second-order valence-electron chi connectivity index (χ2n) is 7.11. The van der Waals surface area contributed by atoms with Gasteiger partial charge < -0.3 is 20.2 Å². The number of rotatable bonds is 6. The Morgan fingerprint density at radius 1 is 1.09 bits per heavy atom. The predicted octanol–water partition coefficient (Wildman–Crippen LogP) is 0.927. The van der Waals surface area contributed by atoms with Gasteiger partial charge in [0.05, 0.1) is 6.10 Å². The van der Waals surface area contributed by atoms with Gasteiger partial charge in [-0.2, -0.15) is 0 Å². The van der Waals surface area contributed by atoms with Gasteiger partial charge in [-0.25, -0.2) is 0 Å². The minimum atomic E-state index is -0.269. The molecule has 5 nitrogen and oxygen atoms in total. The van der Waals surface area contributed by atoms with Crippen LogP contribution in [0.2, 0.25) is 0 Å². The first-order valence-electron chi connectivity index (χ1n) is 8.99. The van der Waals surface area contributed by atoms with Gasteiger partial charge in [0, 0.05) is 25.6 Å². The summed E-state index contributed by atoms with van der Waals surface area (Å²) < 4.78 is 0. The van der Waals surface area contributed by atoms with Gasteiger partial charge in [-0.3, -0.25) is 4.79 Å². The van der Waals surface area contributed by atoms with Gasteiger partial charge >= 0.3 is 0 Å². The SMILES string of the molecule is CCNC(=O)C1CCN(CC(O)CN2CCC(C)CC2)CC1. The molecule has 1 amide bonds. The van der Waals surface area contributed by atoms with E-state index in [-0.39, 0.29) is 17.9 Å². The number of piperidine rings is 2. The van der Waals surface area contributed by atoms with Crippen molar-refractivity contribution in [1.82, 2.24) is 15.1 Å². The number of β-amino-alcohol motifs (C(OH)–C–C–N with tert-alkyl or cyclic N) is 1. The van der Waals surface area contributed by atoms with Gasteiger partial charge in [0.15, 0.2) is 0 Å². The van der Waals surface area contributed by atoms with Crippen molar-refractivity contribution in [3.8, 4) is 0 Å². The van der Waals surface area contributed by atoms with Crippen LogP contribution in [-0.2, 0) is 4.79 Å². The maximum atomic E-state index is 11.8. The molecule has 22 heavy (non-hydrogen) atoms. The Bertz CT molecular complexity index is 335. The van der Waals surface area contributed by atoms with Gasteiger partial charge in [0.1, 0.15) is 0 Å². The van der Waals surface area contributed by atoms with Crippen LogP contribution in [0, 0.1) is 11.8 Å². The molecule has 0 radical (unpaired) electrons. The van der Waals surface area contributed by atoms with Crippen LogP contribution < -0.4 is 5.32 Å². The van der Waals surface area contributed by atoms with Crippen LogP contribution >= 0.6 is 0 Å². The van der Waals surface area contributed by atoms with Crippen molar-refractivity contribution in [2.75, 3.05) is 45.8 Å². The van der Waals surface area contributed by atoms with Crippen LogP contribution in [0.25, 0.3) is 0 Å². The highest BCUT2D eigenvalue weighted by atomic mass is 16.3. The molecule has 128 valence electrons. The molecule has 2 aliphatic heterocycles. The molecule has 0 aromatic heterocycles. The van der Waals surface area contributed by atoms with E-state index >= 15 is 0 Å². The zero-order chi connectivity index (χ0) is 15.9. The maximum absolute atomic E-state index is 11.8. The Hall–Kier alpha value is -0.650. The van der Waals surface area contributed by atoms with Crippen LogP contribution in [0.3, 0.4) is 0 Å². The molecule has 2 heterocycles. The Kier molecular flexibility index (Phi) is 7.12. The van der Waals surface area contributed by atoms with Gasteiger partial charge in [-0.1, -0.05) is 6.92 Å². The number of likely N-dealkylation sites (tertiary alicyclic amines) is 2.